The maximum atomic E-state index is 12.1. The van der Waals surface area contributed by atoms with Gasteiger partial charge in [0.2, 0.25) is 0 Å². The summed E-state index contributed by atoms with van der Waals surface area (Å²) in [5.74, 6) is 0.464. The minimum Gasteiger partial charge on any atom is -0.469 e. The predicted molar refractivity (Wildman–Crippen MR) is 81.1 cm³/mol. The highest BCUT2D eigenvalue weighted by Crippen LogP contribution is 2.58. The highest BCUT2D eigenvalue weighted by Gasteiger charge is 2.54. The third-order valence-corrected chi connectivity index (χ3v) is 5.90. The number of aromatic nitrogens is 2. The quantitative estimate of drug-likeness (QED) is 0.802. The van der Waals surface area contributed by atoms with E-state index < -0.39 is 0 Å². The van der Waals surface area contributed by atoms with Gasteiger partial charge in [0.05, 0.1) is 18.2 Å². The molecule has 0 saturated heterocycles. The largest absolute Gasteiger partial charge is 0.469 e. The summed E-state index contributed by atoms with van der Waals surface area (Å²) in [5.41, 5.74) is 2.57. The van der Waals surface area contributed by atoms with E-state index in [4.69, 9.17) is 4.74 Å². The number of carbonyl (C=O) groups is 1. The van der Waals surface area contributed by atoms with Crippen molar-refractivity contribution in [3.8, 4) is 0 Å². The number of carbonyl (C=O) groups excluding carboxylic acids is 1. The minimum atomic E-state index is -0.198. The van der Waals surface area contributed by atoms with Crippen LogP contribution in [0.15, 0.2) is 6.07 Å². The molecule has 0 unspecified atom stereocenters. The smallest absolute Gasteiger partial charge is 0.311 e. The molecule has 3 aliphatic carbocycles. The van der Waals surface area contributed by atoms with Crippen LogP contribution in [0.3, 0.4) is 0 Å². The predicted octanol–water partition coefficient (Wildman–Crippen LogP) is 3.31. The van der Waals surface area contributed by atoms with Crippen molar-refractivity contribution in [3.63, 3.8) is 0 Å². The van der Waals surface area contributed by atoms with Crippen LogP contribution < -0.4 is 0 Å². The minimum absolute atomic E-state index is 0.00340. The Hall–Kier alpha value is -1.32. The third kappa shape index (κ3) is 2.11. The van der Waals surface area contributed by atoms with Crippen molar-refractivity contribution >= 4 is 5.97 Å². The Labute approximate surface area is 126 Å². The zero-order valence-corrected chi connectivity index (χ0v) is 13.6. The Morgan fingerprint density at radius 1 is 1.24 bits per heavy atom. The second-order valence-corrected chi connectivity index (χ2v) is 7.28. The summed E-state index contributed by atoms with van der Waals surface area (Å²) >= 11 is 0. The van der Waals surface area contributed by atoms with E-state index >= 15 is 0 Å². The fourth-order valence-electron chi connectivity index (χ4n) is 4.36. The van der Waals surface area contributed by atoms with Gasteiger partial charge in [0.25, 0.3) is 0 Å². The van der Waals surface area contributed by atoms with E-state index in [9.17, 15) is 4.79 Å². The Morgan fingerprint density at radius 2 is 1.81 bits per heavy atom. The fourth-order valence-corrected chi connectivity index (χ4v) is 4.36. The molecule has 2 bridgehead atoms. The van der Waals surface area contributed by atoms with Crippen LogP contribution in [0.1, 0.15) is 69.7 Å². The second-order valence-electron chi connectivity index (χ2n) is 7.28. The van der Waals surface area contributed by atoms with Crippen LogP contribution in [0.5, 0.6) is 0 Å². The second kappa shape index (κ2) is 4.85. The Morgan fingerprint density at radius 3 is 2.24 bits per heavy atom. The highest BCUT2D eigenvalue weighted by atomic mass is 16.5. The highest BCUT2D eigenvalue weighted by molar-refractivity contribution is 5.77. The molecule has 4 heteroatoms. The van der Waals surface area contributed by atoms with Gasteiger partial charge in [-0.05, 0) is 50.5 Å². The lowest BCUT2D eigenvalue weighted by Gasteiger charge is -2.51. The monoisotopic (exact) mass is 290 g/mol. The van der Waals surface area contributed by atoms with E-state index in [-0.39, 0.29) is 16.8 Å². The Balaban J connectivity index is 1.88. The van der Waals surface area contributed by atoms with Crippen molar-refractivity contribution in [2.24, 2.45) is 12.5 Å². The zero-order chi connectivity index (χ0) is 15.3. The molecule has 0 spiro atoms. The van der Waals surface area contributed by atoms with Gasteiger partial charge in [-0.1, -0.05) is 13.8 Å². The molecule has 1 heterocycles. The van der Waals surface area contributed by atoms with E-state index in [1.807, 2.05) is 0 Å². The number of hydrogen-bond acceptors (Lipinski definition) is 3. The Kier molecular flexibility index (Phi) is 3.38. The molecule has 1 aromatic heterocycles. The molecule has 4 nitrogen and oxygen atoms in total. The molecule has 4 rings (SSSR count). The first-order chi connectivity index (χ1) is 9.92. The number of nitrogens with zero attached hydrogens (tertiary/aromatic N) is 2. The molecule has 21 heavy (non-hydrogen) atoms. The van der Waals surface area contributed by atoms with Gasteiger partial charge in [0.15, 0.2) is 0 Å². The van der Waals surface area contributed by atoms with Gasteiger partial charge < -0.3 is 4.74 Å². The summed E-state index contributed by atoms with van der Waals surface area (Å²) in [5, 5.41) is 4.69. The number of hydrogen-bond donors (Lipinski definition) is 0. The van der Waals surface area contributed by atoms with Gasteiger partial charge >= 0.3 is 5.97 Å². The number of aryl methyl sites for hydroxylation is 1. The number of fused-ring (bicyclic) bond motifs is 3. The van der Waals surface area contributed by atoms with Gasteiger partial charge in [-0.25, -0.2) is 0 Å². The zero-order valence-electron chi connectivity index (χ0n) is 13.6. The summed E-state index contributed by atoms with van der Waals surface area (Å²) in [6.07, 6.45) is 6.13. The average molecular weight is 290 g/mol. The molecule has 0 amide bonds. The van der Waals surface area contributed by atoms with E-state index in [1.54, 1.807) is 0 Å². The molecule has 3 aliphatic rings. The van der Waals surface area contributed by atoms with Crippen LogP contribution in [0.25, 0.3) is 0 Å². The molecular formula is C17H26N2O2. The Bertz CT molecular complexity index is 535. The first kappa shape index (κ1) is 14.6. The first-order valence-electron chi connectivity index (χ1n) is 8.05. The molecule has 0 N–H and O–H groups in total. The molecule has 0 atom stereocenters. The lowest BCUT2D eigenvalue weighted by atomic mass is 9.52. The fraction of sp³-hybridized carbons (Fsp3) is 0.765. The standard InChI is InChI=1S/C17H26N2O2/c1-12(2)13-11-14(19(3)18-13)16-5-8-17(9-6-16,10-7-16)15(20)21-4/h11-12H,5-10H2,1-4H3. The maximum Gasteiger partial charge on any atom is 0.311 e. The maximum absolute atomic E-state index is 12.1. The van der Waals surface area contributed by atoms with Crippen molar-refractivity contribution < 1.29 is 9.53 Å². The van der Waals surface area contributed by atoms with E-state index in [2.05, 4.69) is 36.7 Å². The van der Waals surface area contributed by atoms with Gasteiger partial charge in [-0.15, -0.1) is 0 Å². The number of esters is 1. The molecule has 0 radical (unpaired) electrons. The molecule has 3 fully saturated rings. The summed E-state index contributed by atoms with van der Waals surface area (Å²) < 4.78 is 7.13. The summed E-state index contributed by atoms with van der Waals surface area (Å²) in [7, 11) is 3.58. The van der Waals surface area contributed by atoms with E-state index in [0.29, 0.717) is 5.92 Å². The van der Waals surface area contributed by atoms with Crippen LogP contribution in [-0.4, -0.2) is 22.9 Å². The number of rotatable bonds is 3. The van der Waals surface area contributed by atoms with Crippen LogP contribution in [0, 0.1) is 5.41 Å². The van der Waals surface area contributed by atoms with Crippen molar-refractivity contribution in [1.29, 1.82) is 0 Å². The molecule has 1 aromatic rings. The van der Waals surface area contributed by atoms with E-state index in [1.165, 1.54) is 18.5 Å². The molecular weight excluding hydrogens is 264 g/mol. The van der Waals surface area contributed by atoms with Crippen LogP contribution in [-0.2, 0) is 22.0 Å². The average Bonchev–Trinajstić information content (AvgIpc) is 2.91. The van der Waals surface area contributed by atoms with Gasteiger partial charge in [-0.3, -0.25) is 9.48 Å². The summed E-state index contributed by atoms with van der Waals surface area (Å²) in [6, 6.07) is 2.29. The molecule has 116 valence electrons. The summed E-state index contributed by atoms with van der Waals surface area (Å²) in [4.78, 5) is 12.1. The van der Waals surface area contributed by atoms with Crippen molar-refractivity contribution in [2.45, 2.75) is 63.7 Å². The SMILES string of the molecule is COC(=O)C12CCC(c3cc(C(C)C)nn3C)(CC1)CC2. The van der Waals surface area contributed by atoms with Crippen LogP contribution in [0.2, 0.25) is 0 Å². The van der Waals surface area contributed by atoms with E-state index in [0.717, 1.165) is 38.5 Å². The topological polar surface area (TPSA) is 44.1 Å². The van der Waals surface area contributed by atoms with Gasteiger partial charge in [-0.2, -0.15) is 5.10 Å². The van der Waals surface area contributed by atoms with Crippen molar-refractivity contribution in [3.05, 3.63) is 17.5 Å². The normalized spacial score (nSPS) is 31.7. The number of methoxy groups -OCH3 is 1. The van der Waals surface area contributed by atoms with Crippen LogP contribution >= 0.6 is 0 Å². The van der Waals surface area contributed by atoms with Crippen molar-refractivity contribution in [1.82, 2.24) is 9.78 Å². The molecule has 3 saturated carbocycles. The van der Waals surface area contributed by atoms with Crippen molar-refractivity contribution in [2.75, 3.05) is 7.11 Å². The summed E-state index contributed by atoms with van der Waals surface area (Å²) in [6.45, 7) is 4.38. The molecule has 0 aromatic carbocycles. The lowest BCUT2D eigenvalue weighted by Crippen LogP contribution is -2.49. The lowest BCUT2D eigenvalue weighted by molar-refractivity contribution is -0.160. The van der Waals surface area contributed by atoms with Gasteiger partial charge in [0, 0.05) is 18.2 Å². The van der Waals surface area contributed by atoms with Gasteiger partial charge in [0.1, 0.15) is 0 Å². The number of ether oxygens (including phenoxy) is 1. The third-order valence-electron chi connectivity index (χ3n) is 5.90. The van der Waals surface area contributed by atoms with Crippen LogP contribution in [0.4, 0.5) is 0 Å². The first-order valence-corrected chi connectivity index (χ1v) is 8.05. The molecule has 0 aliphatic heterocycles.